The highest BCUT2D eigenvalue weighted by molar-refractivity contribution is 5.13. The van der Waals surface area contributed by atoms with Crippen molar-refractivity contribution in [2.75, 3.05) is 13.6 Å². The van der Waals surface area contributed by atoms with Crippen LogP contribution in [0.25, 0.3) is 0 Å². The molecule has 1 saturated heterocycles. The van der Waals surface area contributed by atoms with Gasteiger partial charge in [-0.25, -0.2) is 0 Å². The number of likely N-dealkylation sites (tertiary alicyclic amines) is 1. The molecular formula is C16H30N2. The summed E-state index contributed by atoms with van der Waals surface area (Å²) in [6.45, 7) is 11.2. The third kappa shape index (κ3) is 1.61. The highest BCUT2D eigenvalue weighted by Crippen LogP contribution is 2.65. The molecule has 0 amide bonds. The molecule has 0 radical (unpaired) electrons. The summed E-state index contributed by atoms with van der Waals surface area (Å²) >= 11 is 0. The highest BCUT2D eigenvalue weighted by atomic mass is 15.2. The molecule has 2 aliphatic carbocycles. The van der Waals surface area contributed by atoms with Gasteiger partial charge >= 0.3 is 0 Å². The summed E-state index contributed by atoms with van der Waals surface area (Å²) in [7, 11) is 2.26. The van der Waals surface area contributed by atoms with Crippen LogP contribution in [-0.2, 0) is 0 Å². The van der Waals surface area contributed by atoms with E-state index in [1.807, 2.05) is 0 Å². The first-order valence-corrected chi connectivity index (χ1v) is 7.81. The van der Waals surface area contributed by atoms with Crippen LogP contribution in [0, 0.1) is 16.7 Å². The van der Waals surface area contributed by atoms with E-state index in [0.717, 1.165) is 24.0 Å². The average molecular weight is 250 g/mol. The molecule has 0 spiro atoms. The van der Waals surface area contributed by atoms with Crippen LogP contribution < -0.4 is 5.32 Å². The number of fused-ring (bicyclic) bond motifs is 2. The zero-order chi connectivity index (χ0) is 13.1. The summed E-state index contributed by atoms with van der Waals surface area (Å²) in [5, 5.41) is 4.02. The minimum atomic E-state index is 0.530. The Balaban J connectivity index is 1.69. The minimum Gasteiger partial charge on any atom is -0.309 e. The molecule has 1 aliphatic heterocycles. The first-order chi connectivity index (χ1) is 8.34. The van der Waals surface area contributed by atoms with Crippen molar-refractivity contribution in [3.8, 4) is 0 Å². The van der Waals surface area contributed by atoms with Gasteiger partial charge in [0.2, 0.25) is 0 Å². The fourth-order valence-corrected chi connectivity index (χ4v) is 5.05. The fourth-order valence-electron chi connectivity index (χ4n) is 5.05. The summed E-state index contributed by atoms with van der Waals surface area (Å²) in [6.07, 6.45) is 5.63. The average Bonchev–Trinajstić information content (AvgIpc) is 2.77. The third-order valence-corrected chi connectivity index (χ3v) is 7.12. The Bertz CT molecular complexity index is 328. The number of nitrogens with one attached hydrogen (secondary N) is 1. The molecule has 0 aromatic carbocycles. The van der Waals surface area contributed by atoms with Crippen molar-refractivity contribution in [3.63, 3.8) is 0 Å². The van der Waals surface area contributed by atoms with Crippen molar-refractivity contribution in [1.29, 1.82) is 0 Å². The predicted molar refractivity (Wildman–Crippen MR) is 76.6 cm³/mol. The van der Waals surface area contributed by atoms with Crippen LogP contribution in [0.2, 0.25) is 0 Å². The van der Waals surface area contributed by atoms with Crippen molar-refractivity contribution >= 4 is 0 Å². The molecule has 2 nitrogen and oxygen atoms in total. The Hall–Kier alpha value is -0.0800. The first kappa shape index (κ1) is 12.9. The number of rotatable bonds is 2. The van der Waals surface area contributed by atoms with Crippen LogP contribution in [-0.4, -0.2) is 36.6 Å². The van der Waals surface area contributed by atoms with E-state index in [1.54, 1.807) is 0 Å². The summed E-state index contributed by atoms with van der Waals surface area (Å²) in [6, 6.07) is 2.24. The maximum absolute atomic E-state index is 4.02. The van der Waals surface area contributed by atoms with Gasteiger partial charge in [-0.1, -0.05) is 20.8 Å². The lowest BCUT2D eigenvalue weighted by Gasteiger charge is -2.40. The topological polar surface area (TPSA) is 15.3 Å². The molecule has 0 aromatic rings. The quantitative estimate of drug-likeness (QED) is 0.811. The lowest BCUT2D eigenvalue weighted by molar-refractivity contribution is 0.115. The number of nitrogens with zero attached hydrogens (tertiary/aromatic N) is 1. The van der Waals surface area contributed by atoms with Crippen molar-refractivity contribution < 1.29 is 0 Å². The van der Waals surface area contributed by atoms with Crippen LogP contribution in [0.1, 0.15) is 53.4 Å². The van der Waals surface area contributed by atoms with Gasteiger partial charge in [0.25, 0.3) is 0 Å². The van der Waals surface area contributed by atoms with Crippen LogP contribution in [0.5, 0.6) is 0 Å². The van der Waals surface area contributed by atoms with E-state index in [2.05, 4.69) is 45.0 Å². The lowest BCUT2D eigenvalue weighted by Crippen LogP contribution is -2.49. The van der Waals surface area contributed by atoms with Gasteiger partial charge < -0.3 is 10.2 Å². The molecular weight excluding hydrogens is 220 g/mol. The van der Waals surface area contributed by atoms with Crippen molar-refractivity contribution in [2.45, 2.75) is 71.5 Å². The summed E-state index contributed by atoms with van der Waals surface area (Å²) in [5.41, 5.74) is 1.07. The van der Waals surface area contributed by atoms with Gasteiger partial charge in [0, 0.05) is 24.7 Å². The first-order valence-electron chi connectivity index (χ1n) is 7.81. The van der Waals surface area contributed by atoms with E-state index in [4.69, 9.17) is 0 Å². The number of hydrogen-bond acceptors (Lipinski definition) is 2. The summed E-state index contributed by atoms with van der Waals surface area (Å²) < 4.78 is 0. The molecule has 3 fully saturated rings. The largest absolute Gasteiger partial charge is 0.309 e. The lowest BCUT2D eigenvalue weighted by atomic mass is 9.69. The van der Waals surface area contributed by atoms with E-state index < -0.39 is 0 Å². The molecule has 18 heavy (non-hydrogen) atoms. The normalized spacial score (nSPS) is 51.2. The standard InChI is InChI=1S/C16H30N2/c1-11-8-13(10-18(11)5)17-14-9-12-6-7-16(14,4)15(12,2)3/h11-14,17H,6-10H2,1-5H3. The van der Waals surface area contributed by atoms with Gasteiger partial charge in [0.05, 0.1) is 0 Å². The molecule has 3 aliphatic rings. The third-order valence-electron chi connectivity index (χ3n) is 7.12. The summed E-state index contributed by atoms with van der Waals surface area (Å²) in [5.74, 6) is 0.955. The maximum Gasteiger partial charge on any atom is 0.0212 e. The molecule has 5 unspecified atom stereocenters. The van der Waals surface area contributed by atoms with Crippen LogP contribution >= 0.6 is 0 Å². The number of likely N-dealkylation sites (N-methyl/N-ethyl adjacent to an activating group) is 1. The van der Waals surface area contributed by atoms with E-state index in [9.17, 15) is 0 Å². The van der Waals surface area contributed by atoms with E-state index >= 15 is 0 Å². The molecule has 0 aromatic heterocycles. The molecule has 2 heteroatoms. The van der Waals surface area contributed by atoms with Gasteiger partial charge in [0.15, 0.2) is 0 Å². The molecule has 3 rings (SSSR count). The van der Waals surface area contributed by atoms with Crippen LogP contribution in [0.3, 0.4) is 0 Å². The minimum absolute atomic E-state index is 0.530. The summed E-state index contributed by atoms with van der Waals surface area (Å²) in [4.78, 5) is 2.50. The second-order valence-corrected chi connectivity index (χ2v) is 8.05. The number of hydrogen-bond donors (Lipinski definition) is 1. The Morgan fingerprint density at radius 1 is 1.17 bits per heavy atom. The van der Waals surface area contributed by atoms with Gasteiger partial charge in [-0.3, -0.25) is 0 Å². The van der Waals surface area contributed by atoms with E-state index in [-0.39, 0.29) is 0 Å². The SMILES string of the molecule is CC1CC(NC2CC3CCC2(C)C3(C)C)CN1C. The Morgan fingerprint density at radius 2 is 1.89 bits per heavy atom. The molecule has 2 bridgehead atoms. The smallest absolute Gasteiger partial charge is 0.0212 e. The second-order valence-electron chi connectivity index (χ2n) is 8.05. The predicted octanol–water partition coefficient (Wildman–Crippen LogP) is 2.88. The van der Waals surface area contributed by atoms with Crippen LogP contribution in [0.4, 0.5) is 0 Å². The molecule has 2 saturated carbocycles. The van der Waals surface area contributed by atoms with Crippen molar-refractivity contribution in [1.82, 2.24) is 10.2 Å². The monoisotopic (exact) mass is 250 g/mol. The van der Waals surface area contributed by atoms with Gasteiger partial charge in [-0.2, -0.15) is 0 Å². The zero-order valence-corrected chi connectivity index (χ0v) is 12.8. The Labute approximate surface area is 113 Å². The maximum atomic E-state index is 4.02. The molecule has 1 heterocycles. The molecule has 5 atom stereocenters. The zero-order valence-electron chi connectivity index (χ0n) is 12.8. The highest BCUT2D eigenvalue weighted by Gasteiger charge is 2.61. The molecule has 104 valence electrons. The molecule has 1 N–H and O–H groups in total. The van der Waals surface area contributed by atoms with Crippen molar-refractivity contribution in [3.05, 3.63) is 0 Å². The van der Waals surface area contributed by atoms with Gasteiger partial charge in [0.1, 0.15) is 0 Å². The second kappa shape index (κ2) is 3.96. The fraction of sp³-hybridized carbons (Fsp3) is 1.00. The Kier molecular flexibility index (Phi) is 2.84. The van der Waals surface area contributed by atoms with E-state index in [0.29, 0.717) is 10.8 Å². The van der Waals surface area contributed by atoms with Crippen molar-refractivity contribution in [2.24, 2.45) is 16.7 Å². The van der Waals surface area contributed by atoms with E-state index in [1.165, 1.54) is 32.2 Å². The van der Waals surface area contributed by atoms with Gasteiger partial charge in [-0.05, 0) is 56.4 Å². The van der Waals surface area contributed by atoms with Crippen LogP contribution in [0.15, 0.2) is 0 Å². The van der Waals surface area contributed by atoms with Gasteiger partial charge in [-0.15, -0.1) is 0 Å². The Morgan fingerprint density at radius 3 is 2.33 bits per heavy atom.